The Kier molecular flexibility index (Phi) is 5.91. The Morgan fingerprint density at radius 1 is 1.26 bits per heavy atom. The first-order valence-electron chi connectivity index (χ1n) is 12.1. The van der Waals surface area contributed by atoms with E-state index in [1.54, 1.807) is 40.4 Å². The van der Waals surface area contributed by atoms with E-state index in [4.69, 9.17) is 33.3 Å². The van der Waals surface area contributed by atoms with Crippen LogP contribution < -0.4 is 27.4 Å². The second kappa shape index (κ2) is 9.19. The topological polar surface area (TPSA) is 189 Å². The van der Waals surface area contributed by atoms with Crippen LogP contribution in [0.5, 0.6) is 0 Å². The highest BCUT2D eigenvalue weighted by Crippen LogP contribution is 2.59. The molecular weight excluding hydrogens is 542 g/mol. The van der Waals surface area contributed by atoms with E-state index in [-0.39, 0.29) is 45.3 Å². The van der Waals surface area contributed by atoms with Gasteiger partial charge in [-0.1, -0.05) is 17.7 Å². The molecule has 1 aromatic carbocycles. The maximum Gasteiger partial charge on any atom is 0.284 e. The third-order valence-corrected chi connectivity index (χ3v) is 8.73. The largest absolute Gasteiger partial charge is 0.382 e. The summed E-state index contributed by atoms with van der Waals surface area (Å²) in [5, 5.41) is 19.5. The summed E-state index contributed by atoms with van der Waals surface area (Å²) in [6.07, 6.45) is 2.67. The maximum absolute atomic E-state index is 14.0. The summed E-state index contributed by atoms with van der Waals surface area (Å²) in [4.78, 5) is 42.1. The lowest BCUT2D eigenvalue weighted by Gasteiger charge is -2.28. The molecule has 4 aromatic rings. The maximum atomic E-state index is 14.0. The molecule has 0 bridgehead atoms. The van der Waals surface area contributed by atoms with Gasteiger partial charge >= 0.3 is 0 Å². The number of nitriles is 1. The van der Waals surface area contributed by atoms with Gasteiger partial charge in [0, 0.05) is 11.4 Å². The van der Waals surface area contributed by atoms with Gasteiger partial charge < -0.3 is 16.4 Å². The minimum absolute atomic E-state index is 0.00691. The Bertz CT molecular complexity index is 1760. The van der Waals surface area contributed by atoms with Gasteiger partial charge in [0.25, 0.3) is 11.5 Å². The fourth-order valence-corrected chi connectivity index (χ4v) is 6.43. The summed E-state index contributed by atoms with van der Waals surface area (Å²) in [7, 11) is 0. The average molecular weight is 564 g/mol. The van der Waals surface area contributed by atoms with Crippen molar-refractivity contribution in [2.45, 2.75) is 31.8 Å². The van der Waals surface area contributed by atoms with Gasteiger partial charge in [-0.2, -0.15) is 15.2 Å². The van der Waals surface area contributed by atoms with Crippen LogP contribution in [0.15, 0.2) is 35.1 Å². The number of hydroxylamine groups is 1. The van der Waals surface area contributed by atoms with Crippen molar-refractivity contribution in [1.82, 2.24) is 25.0 Å². The van der Waals surface area contributed by atoms with Crippen LogP contribution in [0.2, 0.25) is 5.02 Å². The summed E-state index contributed by atoms with van der Waals surface area (Å²) in [5.41, 5.74) is 13.8. The Hall–Kier alpha value is -4.25. The zero-order valence-electron chi connectivity index (χ0n) is 20.4. The van der Waals surface area contributed by atoms with Gasteiger partial charge in [0.05, 0.1) is 33.4 Å². The molecule has 1 saturated carbocycles. The number of aromatic nitrogens is 4. The monoisotopic (exact) mass is 563 g/mol. The summed E-state index contributed by atoms with van der Waals surface area (Å²) >= 11 is 7.59. The fraction of sp³-hybridized carbons (Fsp3) is 0.280. The number of nitrogens with zero attached hydrogens (tertiary/aromatic N) is 6. The number of carbonyl (C=O) groups excluding carboxylic acids is 1. The van der Waals surface area contributed by atoms with Crippen LogP contribution in [-0.2, 0) is 6.54 Å². The predicted molar refractivity (Wildman–Crippen MR) is 146 cm³/mol. The molecule has 4 heterocycles. The van der Waals surface area contributed by atoms with Crippen LogP contribution >= 0.6 is 22.9 Å². The lowest BCUT2D eigenvalue weighted by molar-refractivity contribution is 0.0711. The van der Waals surface area contributed by atoms with Gasteiger partial charge in [0.2, 0.25) is 5.95 Å². The van der Waals surface area contributed by atoms with E-state index in [1.165, 1.54) is 0 Å². The van der Waals surface area contributed by atoms with Gasteiger partial charge in [-0.3, -0.25) is 19.4 Å². The highest BCUT2D eigenvalue weighted by molar-refractivity contribution is 7.14. The quantitative estimate of drug-likeness (QED) is 0.207. The Morgan fingerprint density at radius 3 is 2.77 bits per heavy atom. The van der Waals surface area contributed by atoms with Crippen LogP contribution in [0, 0.1) is 16.7 Å². The fourth-order valence-electron chi connectivity index (χ4n) is 5.29. The number of hydrogen-bond donors (Lipinski definition) is 4. The number of fused-ring (bicyclic) bond motifs is 1. The number of nitrogens with one attached hydrogen (secondary N) is 1. The van der Waals surface area contributed by atoms with E-state index in [0.29, 0.717) is 39.9 Å². The number of rotatable bonds is 5. The zero-order valence-corrected chi connectivity index (χ0v) is 22.0. The summed E-state index contributed by atoms with van der Waals surface area (Å²) in [6.45, 7) is 0.702. The highest BCUT2D eigenvalue weighted by Gasteiger charge is 2.54. The molecule has 3 aromatic heterocycles. The van der Waals surface area contributed by atoms with Gasteiger partial charge in [-0.15, -0.1) is 11.3 Å². The van der Waals surface area contributed by atoms with Crippen molar-refractivity contribution < 1.29 is 10.0 Å². The van der Waals surface area contributed by atoms with Gasteiger partial charge in [-0.05, 0) is 48.9 Å². The number of nitrogens with two attached hydrogens (primary N) is 2. The molecule has 1 aliphatic heterocycles. The normalized spacial score (nSPS) is 17.5. The molecule has 0 unspecified atom stereocenters. The van der Waals surface area contributed by atoms with Crippen molar-refractivity contribution in [2.75, 3.05) is 22.9 Å². The molecule has 39 heavy (non-hydrogen) atoms. The predicted octanol–water partition coefficient (Wildman–Crippen LogP) is 2.84. The number of anilines is 3. The smallest absolute Gasteiger partial charge is 0.284 e. The minimum atomic E-state index is -0.640. The number of carbonyl (C=O) groups is 1. The van der Waals surface area contributed by atoms with E-state index in [0.717, 1.165) is 24.2 Å². The first-order chi connectivity index (χ1) is 18.7. The summed E-state index contributed by atoms with van der Waals surface area (Å²) in [5.74, 6) is 0.0699. The van der Waals surface area contributed by atoms with Gasteiger partial charge in [0.1, 0.15) is 23.3 Å². The highest BCUT2D eigenvalue weighted by atomic mass is 35.5. The molecule has 14 heteroatoms. The summed E-state index contributed by atoms with van der Waals surface area (Å²) in [6, 6.07) is 10.1. The molecule has 2 aliphatic rings. The van der Waals surface area contributed by atoms with Crippen LogP contribution in [0.3, 0.4) is 0 Å². The molecule has 1 amide bonds. The molecule has 1 spiro atoms. The number of nitrogen functional groups attached to an aromatic ring is 2. The van der Waals surface area contributed by atoms with E-state index in [1.807, 2.05) is 4.90 Å². The van der Waals surface area contributed by atoms with E-state index >= 15 is 0 Å². The van der Waals surface area contributed by atoms with E-state index in [9.17, 15) is 14.9 Å². The third kappa shape index (κ3) is 4.22. The van der Waals surface area contributed by atoms with Crippen LogP contribution in [0.1, 0.15) is 51.2 Å². The molecule has 12 nitrogen and oxygen atoms in total. The van der Waals surface area contributed by atoms with Crippen molar-refractivity contribution in [3.05, 3.63) is 66.9 Å². The molecule has 6 N–H and O–H groups in total. The molecule has 1 saturated heterocycles. The van der Waals surface area contributed by atoms with Gasteiger partial charge in [-0.25, -0.2) is 10.5 Å². The van der Waals surface area contributed by atoms with Crippen LogP contribution in [0.25, 0.3) is 10.9 Å². The summed E-state index contributed by atoms with van der Waals surface area (Å²) < 4.78 is 1.56. The van der Waals surface area contributed by atoms with Crippen molar-refractivity contribution in [1.29, 1.82) is 5.26 Å². The Labute approximate surface area is 230 Å². The number of benzene rings is 1. The van der Waals surface area contributed by atoms with Gasteiger partial charge in [0.15, 0.2) is 5.82 Å². The van der Waals surface area contributed by atoms with Crippen molar-refractivity contribution in [3.63, 3.8) is 0 Å². The standard InChI is InChI=1S/C25H22ClN9O3S/c26-14-2-1-3-15-18(14)23(37)34(10-12-4-5-17(39-12)22(36)33-38)21(30-15)16-8-25(6-7-25)11-35(16)20-13(9-27)19(28)31-24(29)32-20/h1-5,16,38H,6-8,10-11H2,(H,33,36)(H4,28,29,31,32)/t16-/m0/s1. The number of hydrogen-bond acceptors (Lipinski definition) is 11. The SMILES string of the molecule is N#Cc1c(N)nc(N)nc1N1CC2(CC2)C[C@H]1c1nc2cccc(Cl)c2c(=O)n1Cc1ccc(C(=O)NO)s1. The van der Waals surface area contributed by atoms with E-state index in [2.05, 4.69) is 16.0 Å². The average Bonchev–Trinajstić information content (AvgIpc) is 3.32. The van der Waals surface area contributed by atoms with E-state index < -0.39 is 11.9 Å². The molecule has 1 aliphatic carbocycles. The van der Waals surface area contributed by atoms with Crippen molar-refractivity contribution >= 4 is 57.3 Å². The Morgan fingerprint density at radius 2 is 2.05 bits per heavy atom. The third-order valence-electron chi connectivity index (χ3n) is 7.35. The molecule has 198 valence electrons. The lowest BCUT2D eigenvalue weighted by atomic mass is 10.0. The second-order valence-corrected chi connectivity index (χ2v) is 11.4. The number of amides is 1. The van der Waals surface area contributed by atoms with Crippen LogP contribution in [-0.4, -0.2) is 37.2 Å². The van der Waals surface area contributed by atoms with Crippen molar-refractivity contribution in [2.24, 2.45) is 5.41 Å². The van der Waals surface area contributed by atoms with Crippen molar-refractivity contribution in [3.8, 4) is 6.07 Å². The second-order valence-electron chi connectivity index (χ2n) is 9.83. The lowest BCUT2D eigenvalue weighted by Crippen LogP contribution is -2.33. The molecule has 0 radical (unpaired) electrons. The zero-order chi connectivity index (χ0) is 27.5. The number of halogens is 1. The number of thiophene rings is 1. The molecular formula is C25H22ClN9O3S. The first-order valence-corrected chi connectivity index (χ1v) is 13.2. The molecule has 6 rings (SSSR count). The first kappa shape index (κ1) is 25.1. The Balaban J connectivity index is 1.55. The molecule has 2 fully saturated rings. The molecule has 1 atom stereocenters. The van der Waals surface area contributed by atoms with Crippen LogP contribution in [0.4, 0.5) is 17.6 Å². The minimum Gasteiger partial charge on any atom is -0.382 e.